The highest BCUT2D eigenvalue weighted by Crippen LogP contribution is 2.28. The van der Waals surface area contributed by atoms with Gasteiger partial charge < -0.3 is 4.90 Å². The number of nitrogens with zero attached hydrogens (tertiary/aromatic N) is 3. The molecule has 0 amide bonds. The highest BCUT2D eigenvalue weighted by molar-refractivity contribution is 5.91. The second-order valence-corrected chi connectivity index (χ2v) is 6.39. The van der Waals surface area contributed by atoms with Gasteiger partial charge in [0.2, 0.25) is 0 Å². The molecule has 0 radical (unpaired) electrons. The van der Waals surface area contributed by atoms with E-state index < -0.39 is 0 Å². The van der Waals surface area contributed by atoms with Gasteiger partial charge in [-0.3, -0.25) is 0 Å². The summed E-state index contributed by atoms with van der Waals surface area (Å²) in [4.78, 5) is 11.8. The summed E-state index contributed by atoms with van der Waals surface area (Å²) in [6, 6.07) is 24.7. The SMILES string of the molecule is CCN(Cc1ccccc1)c1nc(-c2ccc(F)cc2)nc2ccccc12. The number of hydrogen-bond donors (Lipinski definition) is 0. The van der Waals surface area contributed by atoms with E-state index >= 15 is 0 Å². The summed E-state index contributed by atoms with van der Waals surface area (Å²) >= 11 is 0. The fourth-order valence-electron chi connectivity index (χ4n) is 3.17. The lowest BCUT2D eigenvalue weighted by atomic mass is 10.1. The van der Waals surface area contributed by atoms with E-state index in [0.717, 1.165) is 35.4 Å². The number of rotatable bonds is 5. The minimum Gasteiger partial charge on any atom is -0.352 e. The van der Waals surface area contributed by atoms with E-state index in [9.17, 15) is 4.39 Å². The summed E-state index contributed by atoms with van der Waals surface area (Å²) < 4.78 is 13.3. The highest BCUT2D eigenvalue weighted by atomic mass is 19.1. The number of benzene rings is 3. The van der Waals surface area contributed by atoms with Crippen molar-refractivity contribution in [3.05, 3.63) is 90.2 Å². The van der Waals surface area contributed by atoms with Crippen molar-refractivity contribution < 1.29 is 4.39 Å². The van der Waals surface area contributed by atoms with Crippen LogP contribution in [0, 0.1) is 5.82 Å². The zero-order valence-corrected chi connectivity index (χ0v) is 15.1. The van der Waals surface area contributed by atoms with E-state index in [1.165, 1.54) is 17.7 Å². The van der Waals surface area contributed by atoms with Crippen molar-refractivity contribution in [2.75, 3.05) is 11.4 Å². The molecule has 1 heterocycles. The lowest BCUT2D eigenvalue weighted by Crippen LogP contribution is -2.23. The summed E-state index contributed by atoms with van der Waals surface area (Å²) in [5.74, 6) is 1.24. The molecule has 1 aromatic heterocycles. The van der Waals surface area contributed by atoms with Crippen LogP contribution in [0.3, 0.4) is 0 Å². The number of fused-ring (bicyclic) bond motifs is 1. The quantitative estimate of drug-likeness (QED) is 0.475. The van der Waals surface area contributed by atoms with Gasteiger partial charge in [0.1, 0.15) is 11.6 Å². The maximum Gasteiger partial charge on any atom is 0.162 e. The van der Waals surface area contributed by atoms with Crippen molar-refractivity contribution in [1.29, 1.82) is 0 Å². The topological polar surface area (TPSA) is 29.0 Å². The van der Waals surface area contributed by atoms with Crippen LogP contribution in [-0.4, -0.2) is 16.5 Å². The Morgan fingerprint density at radius 1 is 0.815 bits per heavy atom. The second-order valence-electron chi connectivity index (χ2n) is 6.39. The average molecular weight is 357 g/mol. The van der Waals surface area contributed by atoms with Crippen molar-refractivity contribution in [2.45, 2.75) is 13.5 Å². The number of aromatic nitrogens is 2. The fourth-order valence-corrected chi connectivity index (χ4v) is 3.17. The van der Waals surface area contributed by atoms with Crippen molar-refractivity contribution in [1.82, 2.24) is 9.97 Å². The molecule has 0 saturated heterocycles. The third kappa shape index (κ3) is 3.65. The van der Waals surface area contributed by atoms with Gasteiger partial charge in [0.15, 0.2) is 5.82 Å². The molecular formula is C23H20FN3. The summed E-state index contributed by atoms with van der Waals surface area (Å²) in [7, 11) is 0. The molecule has 3 nitrogen and oxygen atoms in total. The Kier molecular flexibility index (Phi) is 4.79. The summed E-state index contributed by atoms with van der Waals surface area (Å²) in [5.41, 5.74) is 2.91. The summed E-state index contributed by atoms with van der Waals surface area (Å²) in [6.07, 6.45) is 0. The third-order valence-corrected chi connectivity index (χ3v) is 4.58. The predicted octanol–water partition coefficient (Wildman–Crippen LogP) is 5.46. The zero-order chi connectivity index (χ0) is 18.6. The summed E-state index contributed by atoms with van der Waals surface area (Å²) in [5, 5.41) is 1.01. The van der Waals surface area contributed by atoms with Crippen LogP contribution in [-0.2, 0) is 6.54 Å². The van der Waals surface area contributed by atoms with Crippen LogP contribution in [0.4, 0.5) is 10.2 Å². The Balaban J connectivity index is 1.83. The van der Waals surface area contributed by atoms with Crippen LogP contribution in [0.25, 0.3) is 22.3 Å². The molecule has 0 atom stereocenters. The average Bonchev–Trinajstić information content (AvgIpc) is 2.72. The molecule has 134 valence electrons. The first-order valence-electron chi connectivity index (χ1n) is 9.06. The normalized spacial score (nSPS) is 10.9. The summed E-state index contributed by atoms with van der Waals surface area (Å²) in [6.45, 7) is 3.71. The number of anilines is 1. The molecular weight excluding hydrogens is 337 g/mol. The van der Waals surface area contributed by atoms with Gasteiger partial charge >= 0.3 is 0 Å². The van der Waals surface area contributed by atoms with Gasteiger partial charge in [-0.1, -0.05) is 42.5 Å². The number of halogens is 1. The second kappa shape index (κ2) is 7.54. The molecule has 0 bridgehead atoms. The van der Waals surface area contributed by atoms with Crippen LogP contribution >= 0.6 is 0 Å². The van der Waals surface area contributed by atoms with Crippen LogP contribution < -0.4 is 4.90 Å². The minimum atomic E-state index is -0.265. The standard InChI is InChI=1S/C23H20FN3/c1-2-27(16-17-8-4-3-5-9-17)23-20-10-6-7-11-21(20)25-22(26-23)18-12-14-19(24)15-13-18/h3-15H,2,16H2,1H3. The van der Waals surface area contributed by atoms with E-state index in [1.54, 1.807) is 12.1 Å². The van der Waals surface area contributed by atoms with Crippen molar-refractivity contribution in [2.24, 2.45) is 0 Å². The first kappa shape index (κ1) is 17.2. The minimum absolute atomic E-state index is 0.265. The van der Waals surface area contributed by atoms with Gasteiger partial charge in [-0.15, -0.1) is 0 Å². The Hall–Kier alpha value is -3.27. The van der Waals surface area contributed by atoms with E-state index in [1.807, 2.05) is 42.5 Å². The van der Waals surface area contributed by atoms with E-state index in [2.05, 4.69) is 24.0 Å². The smallest absolute Gasteiger partial charge is 0.162 e. The fraction of sp³-hybridized carbons (Fsp3) is 0.130. The highest BCUT2D eigenvalue weighted by Gasteiger charge is 2.15. The van der Waals surface area contributed by atoms with Crippen LogP contribution in [0.15, 0.2) is 78.9 Å². The first-order valence-corrected chi connectivity index (χ1v) is 9.06. The number of para-hydroxylation sites is 1. The lowest BCUT2D eigenvalue weighted by molar-refractivity contribution is 0.628. The zero-order valence-electron chi connectivity index (χ0n) is 15.1. The maximum atomic E-state index is 13.3. The molecule has 0 saturated carbocycles. The molecule has 0 aliphatic rings. The Bertz CT molecular complexity index is 1050. The molecule has 4 rings (SSSR count). The molecule has 27 heavy (non-hydrogen) atoms. The van der Waals surface area contributed by atoms with E-state index in [4.69, 9.17) is 9.97 Å². The predicted molar refractivity (Wildman–Crippen MR) is 108 cm³/mol. The monoisotopic (exact) mass is 357 g/mol. The molecule has 0 N–H and O–H groups in total. The largest absolute Gasteiger partial charge is 0.352 e. The van der Waals surface area contributed by atoms with Gasteiger partial charge in [-0.25, -0.2) is 14.4 Å². The molecule has 0 fully saturated rings. The van der Waals surface area contributed by atoms with Crippen molar-refractivity contribution in [3.63, 3.8) is 0 Å². The molecule has 0 unspecified atom stereocenters. The van der Waals surface area contributed by atoms with E-state index in [0.29, 0.717) is 5.82 Å². The van der Waals surface area contributed by atoms with Gasteiger partial charge in [0.05, 0.1) is 5.52 Å². The molecule has 3 aromatic carbocycles. The van der Waals surface area contributed by atoms with Crippen LogP contribution in [0.1, 0.15) is 12.5 Å². The van der Waals surface area contributed by atoms with Gasteiger partial charge in [0.25, 0.3) is 0 Å². The van der Waals surface area contributed by atoms with Crippen LogP contribution in [0.2, 0.25) is 0 Å². The van der Waals surface area contributed by atoms with Gasteiger partial charge in [-0.2, -0.15) is 0 Å². The van der Waals surface area contributed by atoms with Gasteiger partial charge in [0, 0.05) is 24.0 Å². The molecule has 0 aliphatic carbocycles. The molecule has 0 spiro atoms. The van der Waals surface area contributed by atoms with Crippen LogP contribution in [0.5, 0.6) is 0 Å². The Morgan fingerprint density at radius 2 is 1.52 bits per heavy atom. The maximum absolute atomic E-state index is 13.3. The molecule has 0 aliphatic heterocycles. The third-order valence-electron chi connectivity index (χ3n) is 4.58. The van der Waals surface area contributed by atoms with Crippen molar-refractivity contribution in [3.8, 4) is 11.4 Å². The van der Waals surface area contributed by atoms with Crippen molar-refractivity contribution >= 4 is 16.7 Å². The Morgan fingerprint density at radius 3 is 2.26 bits per heavy atom. The van der Waals surface area contributed by atoms with E-state index in [-0.39, 0.29) is 5.82 Å². The number of hydrogen-bond acceptors (Lipinski definition) is 3. The molecule has 4 heteroatoms. The van der Waals surface area contributed by atoms with Gasteiger partial charge in [-0.05, 0) is 48.9 Å². The molecule has 4 aromatic rings. The first-order chi connectivity index (χ1) is 13.2. The Labute approximate surface area is 158 Å². The lowest BCUT2D eigenvalue weighted by Gasteiger charge is -2.24.